The third-order valence-corrected chi connectivity index (χ3v) is 1.81. The maximum absolute atomic E-state index is 9.13. The molecule has 0 saturated carbocycles. The summed E-state index contributed by atoms with van der Waals surface area (Å²) in [5.41, 5.74) is 1.62. The lowest BCUT2D eigenvalue weighted by molar-refractivity contribution is 0.186. The number of hydrogen-bond donors (Lipinski definition) is 1. The highest BCUT2D eigenvalue weighted by Crippen LogP contribution is 2.15. The normalized spacial score (nSPS) is 13.4. The number of aliphatic hydroxyl groups excluding tert-OH is 1. The topological polar surface area (TPSA) is 46.3 Å². The van der Waals surface area contributed by atoms with E-state index in [0.717, 1.165) is 11.1 Å². The fourth-order valence-electron chi connectivity index (χ4n) is 1.26. The second-order valence-corrected chi connectivity index (χ2v) is 3.13. The zero-order chi connectivity index (χ0) is 9.26. The number of rotatable bonds is 2. The van der Waals surface area contributed by atoms with Crippen molar-refractivity contribution in [3.8, 4) is 0 Å². The quantitative estimate of drug-likeness (QED) is 0.760. The summed E-state index contributed by atoms with van der Waals surface area (Å²) in [5.74, 6) is 0.594. The standard InChI is InChI=1S/C10H11NO2/c1-7(12)6-10-11-8-4-2-3-5-9(8)13-10/h2-5,7,12H,6H2,1H3. The van der Waals surface area contributed by atoms with Crippen molar-refractivity contribution in [2.45, 2.75) is 19.4 Å². The lowest BCUT2D eigenvalue weighted by atomic mass is 10.3. The summed E-state index contributed by atoms with van der Waals surface area (Å²) in [5, 5.41) is 9.13. The number of aliphatic hydroxyl groups is 1. The Bertz CT molecular complexity index is 373. The van der Waals surface area contributed by atoms with E-state index in [-0.39, 0.29) is 0 Å². The van der Waals surface area contributed by atoms with Gasteiger partial charge < -0.3 is 9.52 Å². The molecule has 0 fully saturated rings. The molecule has 3 heteroatoms. The third-order valence-electron chi connectivity index (χ3n) is 1.81. The first-order valence-electron chi connectivity index (χ1n) is 4.28. The van der Waals surface area contributed by atoms with Crippen LogP contribution in [0.2, 0.25) is 0 Å². The molecule has 0 amide bonds. The number of benzene rings is 1. The van der Waals surface area contributed by atoms with Crippen molar-refractivity contribution in [3.05, 3.63) is 30.2 Å². The van der Waals surface area contributed by atoms with Gasteiger partial charge in [0.1, 0.15) is 5.52 Å². The first-order valence-corrected chi connectivity index (χ1v) is 4.28. The molecule has 1 heterocycles. The van der Waals surface area contributed by atoms with E-state index in [2.05, 4.69) is 4.98 Å². The minimum Gasteiger partial charge on any atom is -0.441 e. The molecule has 1 aromatic heterocycles. The third kappa shape index (κ3) is 1.70. The van der Waals surface area contributed by atoms with E-state index >= 15 is 0 Å². The predicted molar refractivity (Wildman–Crippen MR) is 49.4 cm³/mol. The molecule has 0 radical (unpaired) electrons. The van der Waals surface area contributed by atoms with Crippen LogP contribution in [-0.2, 0) is 6.42 Å². The van der Waals surface area contributed by atoms with Crippen molar-refractivity contribution in [3.63, 3.8) is 0 Å². The van der Waals surface area contributed by atoms with E-state index in [1.165, 1.54) is 0 Å². The number of para-hydroxylation sites is 2. The highest BCUT2D eigenvalue weighted by Gasteiger charge is 2.06. The maximum atomic E-state index is 9.13. The van der Waals surface area contributed by atoms with Crippen molar-refractivity contribution in [2.75, 3.05) is 0 Å². The fraction of sp³-hybridized carbons (Fsp3) is 0.300. The Hall–Kier alpha value is -1.35. The van der Waals surface area contributed by atoms with Gasteiger partial charge in [0, 0.05) is 0 Å². The Morgan fingerprint density at radius 3 is 2.92 bits per heavy atom. The first kappa shape index (κ1) is 8.26. The molecular weight excluding hydrogens is 166 g/mol. The summed E-state index contributed by atoms with van der Waals surface area (Å²) in [6, 6.07) is 7.58. The lowest BCUT2D eigenvalue weighted by Gasteiger charge is -1.96. The fourth-order valence-corrected chi connectivity index (χ4v) is 1.26. The van der Waals surface area contributed by atoms with Gasteiger partial charge in [0.05, 0.1) is 12.5 Å². The molecule has 13 heavy (non-hydrogen) atoms. The van der Waals surface area contributed by atoms with Gasteiger partial charge in [-0.3, -0.25) is 0 Å². The zero-order valence-electron chi connectivity index (χ0n) is 7.40. The van der Waals surface area contributed by atoms with Crippen LogP contribution in [0.5, 0.6) is 0 Å². The van der Waals surface area contributed by atoms with Gasteiger partial charge in [-0.25, -0.2) is 4.98 Å². The number of hydrogen-bond acceptors (Lipinski definition) is 3. The molecule has 3 nitrogen and oxygen atoms in total. The molecule has 1 atom stereocenters. The lowest BCUT2D eigenvalue weighted by Crippen LogP contribution is -2.03. The van der Waals surface area contributed by atoms with E-state index in [9.17, 15) is 0 Å². The molecule has 1 N–H and O–H groups in total. The molecule has 0 aliphatic heterocycles. The number of fused-ring (bicyclic) bond motifs is 1. The molecule has 1 aromatic carbocycles. The molecule has 2 rings (SSSR count). The van der Waals surface area contributed by atoms with Crippen LogP contribution in [0.4, 0.5) is 0 Å². The van der Waals surface area contributed by atoms with E-state index in [4.69, 9.17) is 9.52 Å². The second kappa shape index (κ2) is 3.18. The van der Waals surface area contributed by atoms with Crippen LogP contribution >= 0.6 is 0 Å². The van der Waals surface area contributed by atoms with Gasteiger partial charge in [-0.1, -0.05) is 12.1 Å². The van der Waals surface area contributed by atoms with Gasteiger partial charge in [-0.15, -0.1) is 0 Å². The largest absolute Gasteiger partial charge is 0.441 e. The van der Waals surface area contributed by atoms with Crippen LogP contribution in [0.25, 0.3) is 11.1 Å². The van der Waals surface area contributed by atoms with Crippen molar-refractivity contribution >= 4 is 11.1 Å². The average Bonchev–Trinajstić information content (AvgIpc) is 2.44. The van der Waals surface area contributed by atoms with E-state index in [1.807, 2.05) is 24.3 Å². The minimum atomic E-state index is -0.409. The molecule has 0 saturated heterocycles. The number of oxazole rings is 1. The molecule has 0 aliphatic carbocycles. The van der Waals surface area contributed by atoms with Gasteiger partial charge in [0.25, 0.3) is 0 Å². The molecule has 0 bridgehead atoms. The Morgan fingerprint density at radius 1 is 1.46 bits per heavy atom. The van der Waals surface area contributed by atoms with Gasteiger partial charge >= 0.3 is 0 Å². The van der Waals surface area contributed by atoms with E-state index < -0.39 is 6.10 Å². The van der Waals surface area contributed by atoms with Crippen LogP contribution < -0.4 is 0 Å². The van der Waals surface area contributed by atoms with Crippen molar-refractivity contribution in [2.24, 2.45) is 0 Å². The molecular formula is C10H11NO2. The molecule has 68 valence electrons. The second-order valence-electron chi connectivity index (χ2n) is 3.13. The monoisotopic (exact) mass is 177 g/mol. The van der Waals surface area contributed by atoms with Crippen molar-refractivity contribution < 1.29 is 9.52 Å². The minimum absolute atomic E-state index is 0.409. The summed E-state index contributed by atoms with van der Waals surface area (Å²) >= 11 is 0. The summed E-state index contributed by atoms with van der Waals surface area (Å²) in [7, 11) is 0. The van der Waals surface area contributed by atoms with E-state index in [1.54, 1.807) is 6.92 Å². The smallest absolute Gasteiger partial charge is 0.198 e. The van der Waals surface area contributed by atoms with Gasteiger partial charge in [0.15, 0.2) is 11.5 Å². The van der Waals surface area contributed by atoms with Crippen molar-refractivity contribution in [1.29, 1.82) is 0 Å². The van der Waals surface area contributed by atoms with Crippen molar-refractivity contribution in [1.82, 2.24) is 4.98 Å². The first-order chi connectivity index (χ1) is 6.25. The molecule has 2 aromatic rings. The van der Waals surface area contributed by atoms with Crippen LogP contribution in [0.15, 0.2) is 28.7 Å². The van der Waals surface area contributed by atoms with E-state index in [0.29, 0.717) is 12.3 Å². The Morgan fingerprint density at radius 2 is 2.23 bits per heavy atom. The zero-order valence-corrected chi connectivity index (χ0v) is 7.40. The van der Waals surface area contributed by atoms with Crippen LogP contribution in [0, 0.1) is 0 Å². The van der Waals surface area contributed by atoms with Gasteiger partial charge in [-0.05, 0) is 19.1 Å². The SMILES string of the molecule is CC(O)Cc1nc2ccccc2o1. The van der Waals surface area contributed by atoms with Crippen LogP contribution in [0.3, 0.4) is 0 Å². The summed E-state index contributed by atoms with van der Waals surface area (Å²) < 4.78 is 5.41. The average molecular weight is 177 g/mol. The van der Waals surface area contributed by atoms with Crippen LogP contribution in [-0.4, -0.2) is 16.2 Å². The molecule has 1 unspecified atom stereocenters. The summed E-state index contributed by atoms with van der Waals surface area (Å²) in [6.07, 6.45) is 0.0577. The molecule has 0 aliphatic rings. The Labute approximate surface area is 76.0 Å². The summed E-state index contributed by atoms with van der Waals surface area (Å²) in [6.45, 7) is 1.72. The number of nitrogens with zero attached hydrogens (tertiary/aromatic N) is 1. The van der Waals surface area contributed by atoms with Gasteiger partial charge in [-0.2, -0.15) is 0 Å². The Kier molecular flexibility index (Phi) is 2.02. The van der Waals surface area contributed by atoms with Crippen LogP contribution in [0.1, 0.15) is 12.8 Å². The highest BCUT2D eigenvalue weighted by atomic mass is 16.4. The van der Waals surface area contributed by atoms with Gasteiger partial charge in [0.2, 0.25) is 0 Å². The highest BCUT2D eigenvalue weighted by molar-refractivity contribution is 5.72. The molecule has 0 spiro atoms. The maximum Gasteiger partial charge on any atom is 0.198 e. The predicted octanol–water partition coefficient (Wildman–Crippen LogP) is 1.75. The number of aromatic nitrogens is 1. The Balaban J connectivity index is 2.38. The summed E-state index contributed by atoms with van der Waals surface area (Å²) in [4.78, 5) is 4.23.